The zero-order valence-corrected chi connectivity index (χ0v) is 37.1. The number of likely N-dealkylation sites (N-methyl/N-ethyl adjacent to an activating group) is 2. The normalized spacial score (nSPS) is 10.6. The van der Waals surface area contributed by atoms with Gasteiger partial charge < -0.3 is 19.6 Å². The Bertz CT molecular complexity index is 2250. The molecule has 0 saturated carbocycles. The van der Waals surface area contributed by atoms with Crippen LogP contribution in [-0.2, 0) is 9.98 Å². The summed E-state index contributed by atoms with van der Waals surface area (Å²) in [5.74, 6) is 0. The number of anilines is 4. The second kappa shape index (κ2) is 28.9. The second-order valence-corrected chi connectivity index (χ2v) is 13.6. The van der Waals surface area contributed by atoms with E-state index in [-0.39, 0.29) is 46.5 Å². The molecule has 5 N–H and O–H groups in total. The molecule has 340 valence electrons. The van der Waals surface area contributed by atoms with Gasteiger partial charge in [0, 0.05) is 31.0 Å². The molecular formula is C39H43Cl5N14O6. The molecule has 0 saturated heterocycles. The highest BCUT2D eigenvalue weighted by Gasteiger charge is 2.08. The number of halogens is 5. The molecule has 0 spiro atoms. The van der Waals surface area contributed by atoms with Gasteiger partial charge in [-0.25, -0.2) is 21.5 Å². The number of aromatic nitrogens is 6. The van der Waals surface area contributed by atoms with E-state index in [0.29, 0.717) is 48.1 Å². The molecule has 25 heteroatoms. The summed E-state index contributed by atoms with van der Waals surface area (Å²) in [6.45, 7) is 7.39. The van der Waals surface area contributed by atoms with Crippen molar-refractivity contribution < 1.29 is 30.3 Å². The number of rotatable bonds is 18. The van der Waals surface area contributed by atoms with Crippen molar-refractivity contribution >= 4 is 104 Å². The fraction of sp³-hybridized carbons (Fsp3) is 0.231. The zero-order chi connectivity index (χ0) is 45.4. The summed E-state index contributed by atoms with van der Waals surface area (Å²) >= 11 is 27.4. The van der Waals surface area contributed by atoms with Crippen molar-refractivity contribution in [3.05, 3.63) is 123 Å². The predicted octanol–water partition coefficient (Wildman–Crippen LogP) is 11.5. The average Bonchev–Trinajstić information content (AvgIpc) is 3.27. The van der Waals surface area contributed by atoms with Gasteiger partial charge in [0.1, 0.15) is 6.61 Å². The molecule has 0 atom stereocenters. The van der Waals surface area contributed by atoms with E-state index < -0.39 is 0 Å². The van der Waals surface area contributed by atoms with Gasteiger partial charge in [0.05, 0.1) is 47.3 Å². The number of benzene rings is 4. The number of aliphatic hydroxyl groups is 1. The van der Waals surface area contributed by atoms with Crippen LogP contribution >= 0.6 is 58.0 Å². The Hall–Kier alpha value is -5.65. The standard InChI is InChI=1S/C19H19Cl2N7O3.C16H20N4O3.C3Cl3N3.CH4/c1-2-28(11-12-30-19-23-17(20)22-18(21)24-19)16-9-7-14(8-10-16)26-25-13-3-5-15(6-4-13)27-31-29;1-2-20(11-12-21)16-9-7-14(8-10-16)18-17-13-3-5-15(6-4-13)19-23-22;4-1-7-2(5)9-3(6)8-1;/h3-10,27,29H,2,11-12H2,1H3;3-10,19,21-22H,2,11-12H2,1H3;;1H4. The van der Waals surface area contributed by atoms with Gasteiger partial charge in [-0.3, -0.25) is 0 Å². The molecule has 6 rings (SSSR count). The lowest BCUT2D eigenvalue weighted by Gasteiger charge is -2.22. The van der Waals surface area contributed by atoms with Gasteiger partial charge in [-0.05, 0) is 169 Å². The third-order valence-electron chi connectivity index (χ3n) is 7.89. The fourth-order valence-electron chi connectivity index (χ4n) is 4.97. The Morgan fingerprint density at radius 2 is 0.812 bits per heavy atom. The predicted molar refractivity (Wildman–Crippen MR) is 249 cm³/mol. The molecule has 2 aromatic heterocycles. The number of nitrogens with one attached hydrogen (secondary N) is 2. The molecule has 2 heterocycles. The molecule has 6 aromatic rings. The van der Waals surface area contributed by atoms with Crippen LogP contribution in [0.4, 0.5) is 45.5 Å². The van der Waals surface area contributed by atoms with Crippen LogP contribution in [-0.4, -0.2) is 84.9 Å². The van der Waals surface area contributed by atoms with Gasteiger partial charge >= 0.3 is 6.01 Å². The van der Waals surface area contributed by atoms with Gasteiger partial charge in [-0.2, -0.15) is 50.4 Å². The molecule has 0 amide bonds. The highest BCUT2D eigenvalue weighted by Crippen LogP contribution is 2.25. The molecule has 0 unspecified atom stereocenters. The van der Waals surface area contributed by atoms with Crippen molar-refractivity contribution in [2.75, 3.05) is 60.2 Å². The van der Waals surface area contributed by atoms with E-state index in [2.05, 4.69) is 81.1 Å². The van der Waals surface area contributed by atoms with E-state index in [1.54, 1.807) is 48.5 Å². The van der Waals surface area contributed by atoms with Crippen LogP contribution in [0.3, 0.4) is 0 Å². The quantitative estimate of drug-likeness (QED) is 0.0305. The molecule has 0 bridgehead atoms. The maximum Gasteiger partial charge on any atom is 0.322 e. The lowest BCUT2D eigenvalue weighted by molar-refractivity contribution is -0.215. The molecule has 0 aliphatic rings. The number of nitrogens with zero attached hydrogens (tertiary/aromatic N) is 12. The third-order valence-corrected chi connectivity index (χ3v) is 8.74. The Morgan fingerprint density at radius 1 is 0.500 bits per heavy atom. The minimum atomic E-state index is -0.0149. The molecule has 20 nitrogen and oxygen atoms in total. The molecule has 0 aliphatic carbocycles. The molecule has 0 aliphatic heterocycles. The Balaban J connectivity index is 0.000000289. The van der Waals surface area contributed by atoms with Crippen molar-refractivity contribution in [1.82, 2.24) is 29.9 Å². The van der Waals surface area contributed by atoms with E-state index in [1.807, 2.05) is 62.4 Å². The van der Waals surface area contributed by atoms with Crippen molar-refractivity contribution in [2.24, 2.45) is 20.5 Å². The molecule has 4 aromatic carbocycles. The summed E-state index contributed by atoms with van der Waals surface area (Å²) in [5.41, 5.74) is 10.7. The second-order valence-electron chi connectivity index (χ2n) is 11.9. The van der Waals surface area contributed by atoms with Crippen LogP contribution in [0.5, 0.6) is 6.01 Å². The largest absolute Gasteiger partial charge is 0.461 e. The maximum atomic E-state index is 9.05. The van der Waals surface area contributed by atoms with Crippen LogP contribution in [0.1, 0.15) is 21.3 Å². The van der Waals surface area contributed by atoms with Crippen LogP contribution in [0, 0.1) is 0 Å². The van der Waals surface area contributed by atoms with Crippen molar-refractivity contribution in [1.29, 1.82) is 0 Å². The number of hydrogen-bond donors (Lipinski definition) is 5. The Morgan fingerprint density at radius 3 is 1.12 bits per heavy atom. The van der Waals surface area contributed by atoms with Crippen molar-refractivity contribution in [3.63, 3.8) is 0 Å². The van der Waals surface area contributed by atoms with Crippen LogP contribution < -0.4 is 25.5 Å². The van der Waals surface area contributed by atoms with Gasteiger partial charge in [0.25, 0.3) is 0 Å². The Labute approximate surface area is 393 Å². The van der Waals surface area contributed by atoms with E-state index in [4.69, 9.17) is 78.4 Å². The average molecular weight is 981 g/mol. The lowest BCUT2D eigenvalue weighted by atomic mass is 10.2. The SMILES string of the molecule is C.CCN(CCO)c1ccc(N=Nc2ccc(NOO)cc2)cc1.CCN(CCOc1nc(Cl)nc(Cl)n1)c1ccc(N=Nc2ccc(NOO)cc2)cc1.Clc1nc(Cl)nc(Cl)n1. The number of azo groups is 2. The highest BCUT2D eigenvalue weighted by molar-refractivity contribution is 6.33. The van der Waals surface area contributed by atoms with E-state index in [1.165, 1.54) is 0 Å². The summed E-state index contributed by atoms with van der Waals surface area (Å²) in [4.78, 5) is 33.7. The molecule has 0 radical (unpaired) electrons. The molecule has 64 heavy (non-hydrogen) atoms. The number of hydrogen-bond acceptors (Lipinski definition) is 20. The minimum Gasteiger partial charge on any atom is -0.461 e. The first kappa shape index (κ1) is 52.7. The van der Waals surface area contributed by atoms with E-state index in [0.717, 1.165) is 30.2 Å². The van der Waals surface area contributed by atoms with Gasteiger partial charge in [-0.1, -0.05) is 7.43 Å². The van der Waals surface area contributed by atoms with Crippen molar-refractivity contribution in [2.45, 2.75) is 21.3 Å². The first-order valence-corrected chi connectivity index (χ1v) is 20.3. The summed E-state index contributed by atoms with van der Waals surface area (Å²) < 4.78 is 5.52. The lowest BCUT2D eigenvalue weighted by Crippen LogP contribution is -2.28. The molecular weight excluding hydrogens is 938 g/mol. The van der Waals surface area contributed by atoms with Gasteiger partial charge in [-0.15, -0.1) is 9.98 Å². The van der Waals surface area contributed by atoms with E-state index >= 15 is 0 Å². The summed E-state index contributed by atoms with van der Waals surface area (Å²) in [6, 6.07) is 29.2. The minimum absolute atomic E-state index is 0. The fourth-order valence-corrected chi connectivity index (χ4v) is 5.93. The summed E-state index contributed by atoms with van der Waals surface area (Å²) in [6.07, 6.45) is 0. The summed E-state index contributed by atoms with van der Waals surface area (Å²) in [7, 11) is 0. The first-order chi connectivity index (χ1) is 30.5. The van der Waals surface area contributed by atoms with Crippen molar-refractivity contribution in [3.8, 4) is 6.01 Å². The topological polar surface area (TPSA) is 246 Å². The zero-order valence-electron chi connectivity index (χ0n) is 33.3. The Kier molecular flexibility index (Phi) is 23.8. The number of aliphatic hydroxyl groups excluding tert-OH is 1. The summed E-state index contributed by atoms with van der Waals surface area (Å²) in [5, 5.41) is 42.4. The third kappa shape index (κ3) is 19.0. The van der Waals surface area contributed by atoms with Crippen LogP contribution in [0.2, 0.25) is 26.4 Å². The highest BCUT2D eigenvalue weighted by atomic mass is 35.5. The maximum absolute atomic E-state index is 9.05. The van der Waals surface area contributed by atoms with E-state index in [9.17, 15) is 0 Å². The number of ether oxygens (including phenoxy) is 1. The molecule has 0 fully saturated rings. The van der Waals surface area contributed by atoms with Gasteiger partial charge in [0.2, 0.25) is 26.4 Å². The van der Waals surface area contributed by atoms with Crippen LogP contribution in [0.25, 0.3) is 0 Å². The monoisotopic (exact) mass is 978 g/mol. The van der Waals surface area contributed by atoms with Gasteiger partial charge in [0.15, 0.2) is 0 Å². The van der Waals surface area contributed by atoms with Crippen LogP contribution in [0.15, 0.2) is 118 Å². The first-order valence-electron chi connectivity index (χ1n) is 18.4. The smallest absolute Gasteiger partial charge is 0.322 e.